The van der Waals surface area contributed by atoms with E-state index in [0.29, 0.717) is 0 Å². The molecule has 72 valence electrons. The molecule has 7 heteroatoms. The molecule has 1 aliphatic rings. The second-order valence-corrected chi connectivity index (χ2v) is 5.74. The van der Waals surface area contributed by atoms with Gasteiger partial charge in [-0.1, -0.05) is 0 Å². The molecule has 1 unspecified atom stereocenters. The Morgan fingerprint density at radius 2 is 2.00 bits per heavy atom. The Morgan fingerprint density at radius 1 is 1.50 bits per heavy atom. The van der Waals surface area contributed by atoms with Gasteiger partial charge in [-0.25, -0.2) is 9.09 Å². The summed E-state index contributed by atoms with van der Waals surface area (Å²) >= 11 is 5.01. The molecular formula is C5H8ClF2O3P. The molecule has 1 heterocycles. The lowest BCUT2D eigenvalue weighted by molar-refractivity contribution is -0.275. The van der Waals surface area contributed by atoms with Gasteiger partial charge in [-0.05, 0) is 13.8 Å². The minimum Gasteiger partial charge on any atom is -0.296 e. The first-order chi connectivity index (χ1) is 5.16. The normalized spacial score (nSPS) is 39.4. The number of halogens is 3. The molecule has 12 heavy (non-hydrogen) atoms. The van der Waals surface area contributed by atoms with Crippen LogP contribution in [-0.2, 0) is 13.6 Å². The van der Waals surface area contributed by atoms with Crippen LogP contribution in [0, 0.1) is 5.41 Å². The summed E-state index contributed by atoms with van der Waals surface area (Å²) in [5, 5.41) is 0. The maximum atomic E-state index is 12.9. The van der Waals surface area contributed by atoms with E-state index < -0.39 is 18.5 Å². The number of hydrogen-bond acceptors (Lipinski definition) is 3. The highest BCUT2D eigenvalue weighted by atomic mass is 35.7. The van der Waals surface area contributed by atoms with Crippen molar-refractivity contribution >= 4 is 18.2 Å². The summed E-state index contributed by atoms with van der Waals surface area (Å²) < 4.78 is 44.9. The topological polar surface area (TPSA) is 35.5 Å². The molecule has 0 radical (unpaired) electrons. The zero-order valence-corrected chi connectivity index (χ0v) is 8.16. The van der Waals surface area contributed by atoms with Crippen molar-refractivity contribution in [3.63, 3.8) is 0 Å². The molecule has 0 bridgehead atoms. The van der Waals surface area contributed by atoms with Crippen molar-refractivity contribution in [2.75, 3.05) is 6.61 Å². The SMILES string of the molecule is CC1(C)COP(=O)(Cl)OC1(F)F. The molecule has 1 saturated heterocycles. The van der Waals surface area contributed by atoms with Gasteiger partial charge in [0.15, 0.2) is 0 Å². The van der Waals surface area contributed by atoms with Crippen LogP contribution in [0.15, 0.2) is 0 Å². The lowest BCUT2D eigenvalue weighted by Crippen LogP contribution is -2.44. The van der Waals surface area contributed by atoms with E-state index in [1.54, 1.807) is 0 Å². The van der Waals surface area contributed by atoms with Crippen molar-refractivity contribution in [1.29, 1.82) is 0 Å². The monoisotopic (exact) mass is 220 g/mol. The average Bonchev–Trinajstić information content (AvgIpc) is 1.79. The van der Waals surface area contributed by atoms with Crippen LogP contribution in [0.4, 0.5) is 8.78 Å². The molecule has 0 aromatic rings. The Balaban J connectivity index is 2.89. The van der Waals surface area contributed by atoms with Gasteiger partial charge in [-0.2, -0.15) is 8.78 Å². The predicted molar refractivity (Wildman–Crippen MR) is 39.2 cm³/mol. The van der Waals surface area contributed by atoms with Crippen molar-refractivity contribution < 1.29 is 22.4 Å². The summed E-state index contributed by atoms with van der Waals surface area (Å²) in [6.07, 6.45) is -3.51. The van der Waals surface area contributed by atoms with Gasteiger partial charge in [-0.15, -0.1) is 0 Å². The van der Waals surface area contributed by atoms with E-state index in [4.69, 9.17) is 11.2 Å². The molecule has 0 saturated carbocycles. The van der Waals surface area contributed by atoms with Gasteiger partial charge in [0.2, 0.25) is 0 Å². The number of alkyl halides is 2. The Labute approximate surface area is 73.3 Å². The van der Waals surface area contributed by atoms with Gasteiger partial charge < -0.3 is 0 Å². The van der Waals surface area contributed by atoms with Gasteiger partial charge in [0.1, 0.15) is 0 Å². The molecule has 0 spiro atoms. The van der Waals surface area contributed by atoms with Crippen molar-refractivity contribution in [1.82, 2.24) is 0 Å². The molecule has 0 aliphatic carbocycles. The van der Waals surface area contributed by atoms with Crippen LogP contribution in [0.25, 0.3) is 0 Å². The second-order valence-electron chi connectivity index (χ2n) is 3.20. The molecule has 1 atom stereocenters. The molecular weight excluding hydrogens is 212 g/mol. The van der Waals surface area contributed by atoms with E-state index in [9.17, 15) is 13.3 Å². The first-order valence-corrected chi connectivity index (χ1v) is 5.64. The van der Waals surface area contributed by atoms with Crippen molar-refractivity contribution in [3.8, 4) is 0 Å². The van der Waals surface area contributed by atoms with Gasteiger partial charge in [-0.3, -0.25) is 4.52 Å². The summed E-state index contributed by atoms with van der Waals surface area (Å²) in [5.41, 5.74) is -1.50. The first kappa shape index (κ1) is 10.4. The lowest BCUT2D eigenvalue weighted by Gasteiger charge is -2.38. The molecule has 1 aliphatic heterocycles. The van der Waals surface area contributed by atoms with E-state index in [0.717, 1.165) is 0 Å². The highest BCUT2D eigenvalue weighted by Gasteiger charge is 2.57. The van der Waals surface area contributed by atoms with E-state index in [1.807, 2.05) is 0 Å². The fraction of sp³-hybridized carbons (Fsp3) is 1.00. The maximum Gasteiger partial charge on any atom is 0.429 e. The van der Waals surface area contributed by atoms with Gasteiger partial charge in [0, 0.05) is 11.2 Å². The van der Waals surface area contributed by atoms with Gasteiger partial charge >= 0.3 is 13.1 Å². The van der Waals surface area contributed by atoms with E-state index in [-0.39, 0.29) is 6.61 Å². The third kappa shape index (κ3) is 1.79. The van der Waals surface area contributed by atoms with E-state index in [1.165, 1.54) is 13.8 Å². The van der Waals surface area contributed by atoms with Crippen molar-refractivity contribution in [3.05, 3.63) is 0 Å². The fourth-order valence-electron chi connectivity index (χ4n) is 0.609. The van der Waals surface area contributed by atoms with Crippen LogP contribution in [-0.4, -0.2) is 12.7 Å². The number of hydrogen-bond donors (Lipinski definition) is 0. The van der Waals surface area contributed by atoms with Crippen LogP contribution in [0.1, 0.15) is 13.8 Å². The van der Waals surface area contributed by atoms with Crippen LogP contribution < -0.4 is 0 Å². The Kier molecular flexibility index (Phi) is 2.29. The summed E-state index contributed by atoms with van der Waals surface area (Å²) in [6.45, 7) is -1.98. The van der Waals surface area contributed by atoms with Crippen LogP contribution in [0.2, 0.25) is 0 Å². The minimum absolute atomic E-state index is 0.388. The Hall–Kier alpha value is 0.300. The van der Waals surface area contributed by atoms with Crippen LogP contribution >= 0.6 is 18.2 Å². The average molecular weight is 221 g/mol. The lowest BCUT2D eigenvalue weighted by atomic mass is 9.93. The molecule has 0 amide bonds. The second kappa shape index (κ2) is 2.64. The first-order valence-electron chi connectivity index (χ1n) is 3.19. The zero-order chi connectivity index (χ0) is 9.62. The third-order valence-electron chi connectivity index (χ3n) is 1.59. The van der Waals surface area contributed by atoms with Gasteiger partial charge in [0.25, 0.3) is 0 Å². The molecule has 0 aromatic heterocycles. The smallest absolute Gasteiger partial charge is 0.296 e. The Bertz CT molecular complexity index is 243. The van der Waals surface area contributed by atoms with Crippen LogP contribution in [0.3, 0.4) is 0 Å². The largest absolute Gasteiger partial charge is 0.429 e. The summed E-state index contributed by atoms with van der Waals surface area (Å²) in [4.78, 5) is 0. The fourth-order valence-corrected chi connectivity index (χ4v) is 2.07. The predicted octanol–water partition coefficient (Wildman–Crippen LogP) is 3.00. The standard InChI is InChI=1S/C5H8ClF2O3P/c1-4(2)3-10-12(6,9)11-5(4,7)8/h3H2,1-2H3. The number of rotatable bonds is 0. The molecule has 3 nitrogen and oxygen atoms in total. The molecule has 1 fully saturated rings. The minimum atomic E-state index is -4.07. The van der Waals surface area contributed by atoms with Gasteiger partial charge in [0.05, 0.1) is 12.0 Å². The zero-order valence-electron chi connectivity index (χ0n) is 6.51. The maximum absolute atomic E-state index is 12.9. The van der Waals surface area contributed by atoms with E-state index in [2.05, 4.69) is 9.05 Å². The Morgan fingerprint density at radius 3 is 2.33 bits per heavy atom. The molecule has 1 rings (SSSR count). The van der Waals surface area contributed by atoms with Crippen molar-refractivity contribution in [2.45, 2.75) is 20.0 Å². The molecule has 0 aromatic carbocycles. The van der Waals surface area contributed by atoms with Crippen molar-refractivity contribution in [2.24, 2.45) is 5.41 Å². The quantitative estimate of drug-likeness (QED) is 0.589. The highest BCUT2D eigenvalue weighted by Crippen LogP contribution is 2.64. The third-order valence-corrected chi connectivity index (χ3v) is 2.98. The highest BCUT2D eigenvalue weighted by molar-refractivity contribution is 7.81. The summed E-state index contributed by atoms with van der Waals surface area (Å²) in [5.74, 6) is 0. The van der Waals surface area contributed by atoms with Crippen LogP contribution in [0.5, 0.6) is 0 Å². The van der Waals surface area contributed by atoms with E-state index >= 15 is 0 Å². The summed E-state index contributed by atoms with van der Waals surface area (Å²) in [6, 6.07) is 0. The molecule has 0 N–H and O–H groups in total. The summed E-state index contributed by atoms with van der Waals surface area (Å²) in [7, 11) is 0.